The Balaban J connectivity index is 1.96. The summed E-state index contributed by atoms with van der Waals surface area (Å²) in [6.45, 7) is 4.45. The molecule has 2 aliphatic rings. The lowest BCUT2D eigenvalue weighted by Crippen LogP contribution is -2.49. The highest BCUT2D eigenvalue weighted by Gasteiger charge is 2.49. The Hall–Kier alpha value is -0.620. The molecule has 2 fully saturated rings. The smallest absolute Gasteiger partial charge is 0.310 e. The van der Waals surface area contributed by atoms with E-state index in [4.69, 9.17) is 4.74 Å². The molecule has 2 bridgehead atoms. The highest BCUT2D eigenvalue weighted by Crippen LogP contribution is 2.47. The molecule has 1 aromatic carbocycles. The van der Waals surface area contributed by atoms with Crippen molar-refractivity contribution in [1.29, 1.82) is 0 Å². The molecule has 3 rings (SSSR count). The lowest BCUT2D eigenvalue weighted by atomic mass is 9.76. The molecule has 0 unspecified atom stereocenters. The van der Waals surface area contributed by atoms with Crippen LogP contribution in [0.15, 0.2) is 18.2 Å². The van der Waals surface area contributed by atoms with Gasteiger partial charge in [0.15, 0.2) is 0 Å². The molecule has 2 heterocycles. The van der Waals surface area contributed by atoms with Gasteiger partial charge in [-0.3, -0.25) is 9.69 Å². The Morgan fingerprint density at radius 2 is 2.09 bits per heavy atom. The molecule has 1 aromatic rings. The van der Waals surface area contributed by atoms with Gasteiger partial charge in [-0.1, -0.05) is 26.0 Å². The first kappa shape index (κ1) is 17.2. The predicted molar refractivity (Wildman–Crippen MR) is 101 cm³/mol. The van der Waals surface area contributed by atoms with Gasteiger partial charge in [-0.2, -0.15) is 0 Å². The number of halogens is 1. The molecular formula is C19H26INO2. The highest BCUT2D eigenvalue weighted by atomic mass is 127. The van der Waals surface area contributed by atoms with Gasteiger partial charge in [-0.15, -0.1) is 0 Å². The maximum Gasteiger partial charge on any atom is 0.310 e. The summed E-state index contributed by atoms with van der Waals surface area (Å²) in [6, 6.07) is 7.71. The van der Waals surface area contributed by atoms with Gasteiger partial charge in [-0.25, -0.2) is 0 Å². The lowest BCUT2D eigenvalue weighted by molar-refractivity contribution is -0.150. The van der Waals surface area contributed by atoms with Crippen molar-refractivity contribution in [3.63, 3.8) is 0 Å². The van der Waals surface area contributed by atoms with Gasteiger partial charge < -0.3 is 4.74 Å². The largest absolute Gasteiger partial charge is 0.469 e. The first-order chi connectivity index (χ1) is 10.9. The van der Waals surface area contributed by atoms with E-state index in [-0.39, 0.29) is 17.8 Å². The zero-order valence-electron chi connectivity index (χ0n) is 14.4. The van der Waals surface area contributed by atoms with Gasteiger partial charge in [-0.05, 0) is 72.0 Å². The zero-order chi connectivity index (χ0) is 16.7. The van der Waals surface area contributed by atoms with Gasteiger partial charge in [0.2, 0.25) is 0 Å². The fraction of sp³-hybridized carbons (Fsp3) is 0.632. The molecular weight excluding hydrogens is 401 g/mol. The van der Waals surface area contributed by atoms with Gasteiger partial charge >= 0.3 is 5.97 Å². The van der Waals surface area contributed by atoms with Crippen molar-refractivity contribution in [1.82, 2.24) is 4.90 Å². The Morgan fingerprint density at radius 3 is 2.70 bits per heavy atom. The number of carbonyl (C=O) groups excluding carboxylic acids is 1. The lowest BCUT2D eigenvalue weighted by Gasteiger charge is -2.41. The van der Waals surface area contributed by atoms with Crippen molar-refractivity contribution in [2.24, 2.45) is 5.92 Å². The van der Waals surface area contributed by atoms with Crippen LogP contribution in [-0.4, -0.2) is 37.1 Å². The van der Waals surface area contributed by atoms with Crippen molar-refractivity contribution >= 4 is 28.6 Å². The summed E-state index contributed by atoms with van der Waals surface area (Å²) in [7, 11) is 3.69. The van der Waals surface area contributed by atoms with Crippen LogP contribution in [0.1, 0.15) is 56.1 Å². The molecule has 0 aromatic heterocycles. The number of fused-ring (bicyclic) bond motifs is 2. The molecule has 2 saturated heterocycles. The summed E-state index contributed by atoms with van der Waals surface area (Å²) in [5.74, 6) is 0.728. The van der Waals surface area contributed by atoms with E-state index in [1.165, 1.54) is 28.2 Å². The standard InChI is InChI=1S/C19H26INO2/c1-11(2)14-7-5-12(9-16(14)20)15-10-13-6-8-17(21(13)3)18(15)19(22)23-4/h5,7,9,11,13,15,17-18H,6,8,10H2,1-4H3/t13-,15+,17+,18-/m0/s1. The molecule has 0 saturated carbocycles. The normalized spacial score (nSPS) is 30.7. The molecule has 2 aliphatic heterocycles. The number of rotatable bonds is 3. The number of benzene rings is 1. The molecule has 23 heavy (non-hydrogen) atoms. The van der Waals surface area contributed by atoms with Crippen LogP contribution in [0, 0.1) is 9.49 Å². The summed E-state index contributed by atoms with van der Waals surface area (Å²) < 4.78 is 6.48. The number of nitrogens with zero attached hydrogens (tertiary/aromatic N) is 1. The number of piperidine rings is 1. The molecule has 0 aliphatic carbocycles. The summed E-state index contributed by atoms with van der Waals surface area (Å²) in [5, 5.41) is 0. The van der Waals surface area contributed by atoms with E-state index in [1.807, 2.05) is 0 Å². The van der Waals surface area contributed by atoms with E-state index < -0.39 is 0 Å². The molecule has 0 N–H and O–H groups in total. The first-order valence-electron chi connectivity index (χ1n) is 8.53. The SMILES string of the molecule is COC(=O)[C@H]1[C@@H](c2ccc(C(C)C)c(I)c2)C[C@@H]2CC[C@H]1N2C. The fourth-order valence-electron chi connectivity index (χ4n) is 4.51. The van der Waals surface area contributed by atoms with Gasteiger partial charge in [0, 0.05) is 21.6 Å². The van der Waals surface area contributed by atoms with Crippen molar-refractivity contribution in [3.05, 3.63) is 32.9 Å². The highest BCUT2D eigenvalue weighted by molar-refractivity contribution is 14.1. The summed E-state index contributed by atoms with van der Waals surface area (Å²) in [6.07, 6.45) is 3.37. The van der Waals surface area contributed by atoms with Crippen LogP contribution in [0.5, 0.6) is 0 Å². The average Bonchev–Trinajstić information content (AvgIpc) is 2.76. The second-order valence-corrected chi connectivity index (χ2v) is 8.45. The minimum atomic E-state index is -0.0462. The van der Waals surface area contributed by atoms with Crippen LogP contribution in [0.4, 0.5) is 0 Å². The summed E-state index contributed by atoms with van der Waals surface area (Å²) >= 11 is 2.43. The molecule has 126 valence electrons. The van der Waals surface area contributed by atoms with Crippen molar-refractivity contribution in [2.45, 2.75) is 57.0 Å². The maximum atomic E-state index is 12.5. The van der Waals surface area contributed by atoms with Crippen LogP contribution in [0.25, 0.3) is 0 Å². The third kappa shape index (κ3) is 3.04. The summed E-state index contributed by atoms with van der Waals surface area (Å²) in [5.41, 5.74) is 2.69. The molecule has 4 heteroatoms. The first-order valence-corrected chi connectivity index (χ1v) is 9.61. The van der Waals surface area contributed by atoms with E-state index in [9.17, 15) is 4.79 Å². The van der Waals surface area contributed by atoms with E-state index in [2.05, 4.69) is 66.6 Å². The second kappa shape index (κ2) is 6.71. The van der Waals surface area contributed by atoms with E-state index in [0.717, 1.165) is 12.8 Å². The maximum absolute atomic E-state index is 12.5. The molecule has 0 spiro atoms. The molecule has 4 atom stereocenters. The Kier molecular flexibility index (Phi) is 5.02. The van der Waals surface area contributed by atoms with Crippen LogP contribution in [0.3, 0.4) is 0 Å². The number of hydrogen-bond donors (Lipinski definition) is 0. The van der Waals surface area contributed by atoms with Gasteiger partial charge in [0.25, 0.3) is 0 Å². The minimum absolute atomic E-state index is 0.0375. The number of methoxy groups -OCH3 is 1. The number of esters is 1. The van der Waals surface area contributed by atoms with Crippen LogP contribution in [0.2, 0.25) is 0 Å². The van der Waals surface area contributed by atoms with Crippen LogP contribution < -0.4 is 0 Å². The van der Waals surface area contributed by atoms with E-state index in [0.29, 0.717) is 18.0 Å². The topological polar surface area (TPSA) is 29.5 Å². The van der Waals surface area contributed by atoms with Crippen molar-refractivity contribution < 1.29 is 9.53 Å². The third-order valence-electron chi connectivity index (χ3n) is 5.82. The average molecular weight is 427 g/mol. The summed E-state index contributed by atoms with van der Waals surface area (Å²) in [4.78, 5) is 14.9. The van der Waals surface area contributed by atoms with Gasteiger partial charge in [0.1, 0.15) is 0 Å². The third-order valence-corrected chi connectivity index (χ3v) is 6.75. The Bertz CT molecular complexity index is 601. The monoisotopic (exact) mass is 427 g/mol. The van der Waals surface area contributed by atoms with Crippen LogP contribution in [-0.2, 0) is 9.53 Å². The van der Waals surface area contributed by atoms with E-state index in [1.54, 1.807) is 0 Å². The zero-order valence-corrected chi connectivity index (χ0v) is 16.5. The van der Waals surface area contributed by atoms with Crippen molar-refractivity contribution in [3.8, 4) is 0 Å². The molecule has 3 nitrogen and oxygen atoms in total. The van der Waals surface area contributed by atoms with E-state index >= 15 is 0 Å². The Labute approximate surface area is 152 Å². The Morgan fingerprint density at radius 1 is 1.35 bits per heavy atom. The fourth-order valence-corrected chi connectivity index (χ4v) is 5.67. The van der Waals surface area contributed by atoms with Crippen molar-refractivity contribution in [2.75, 3.05) is 14.2 Å². The molecule has 0 radical (unpaired) electrons. The number of ether oxygens (including phenoxy) is 1. The molecule has 0 amide bonds. The number of hydrogen-bond acceptors (Lipinski definition) is 3. The quantitative estimate of drug-likeness (QED) is 0.536. The van der Waals surface area contributed by atoms with Crippen LogP contribution >= 0.6 is 22.6 Å². The second-order valence-electron chi connectivity index (χ2n) is 7.29. The van der Waals surface area contributed by atoms with Gasteiger partial charge in [0.05, 0.1) is 13.0 Å². The predicted octanol–water partition coefficient (Wildman–Crippen LogP) is 4.15. The minimum Gasteiger partial charge on any atom is -0.469 e. The number of carbonyl (C=O) groups is 1.